The Balaban J connectivity index is 0.971. The molecule has 1 aliphatic heterocycles. The van der Waals surface area contributed by atoms with E-state index in [4.69, 9.17) is 9.72 Å². The molecule has 2 atom stereocenters. The van der Waals surface area contributed by atoms with Gasteiger partial charge >= 0.3 is 0 Å². The third-order valence-corrected chi connectivity index (χ3v) is 11.9. The van der Waals surface area contributed by atoms with E-state index in [0.29, 0.717) is 0 Å². The number of allylic oxidation sites excluding steroid dienone is 2. The van der Waals surface area contributed by atoms with Crippen molar-refractivity contribution in [3.05, 3.63) is 211 Å². The second-order valence-electron chi connectivity index (χ2n) is 15.0. The summed E-state index contributed by atoms with van der Waals surface area (Å²) in [5, 5.41) is 4.96. The van der Waals surface area contributed by atoms with Crippen molar-refractivity contribution in [2.24, 2.45) is 0 Å². The van der Waals surface area contributed by atoms with Crippen LogP contribution in [0.1, 0.15) is 17.0 Å². The highest BCUT2D eigenvalue weighted by molar-refractivity contribution is 6.11. The number of pyridine rings is 1. The molecule has 7 aromatic carbocycles. The number of nitrogens with zero attached hydrogens (tertiary/aromatic N) is 3. The predicted octanol–water partition coefficient (Wildman–Crippen LogP) is 13.1. The summed E-state index contributed by atoms with van der Waals surface area (Å²) in [5.74, 6) is 1.06. The molecule has 4 heteroatoms. The summed E-state index contributed by atoms with van der Waals surface area (Å²) < 4.78 is 11.4. The average Bonchev–Trinajstić information content (AvgIpc) is 3.93. The zero-order valence-electron chi connectivity index (χ0n) is 31.0. The van der Waals surface area contributed by atoms with E-state index in [-0.39, 0.29) is 12.0 Å². The van der Waals surface area contributed by atoms with Gasteiger partial charge < -0.3 is 13.9 Å². The number of hydrogen-bond acceptors (Lipinski definition) is 2. The molecule has 0 radical (unpaired) electrons. The lowest BCUT2D eigenvalue weighted by molar-refractivity contribution is 0.269. The largest absolute Gasteiger partial charge is 0.485 e. The molecule has 2 unspecified atom stereocenters. The minimum absolute atomic E-state index is 0.0355. The summed E-state index contributed by atoms with van der Waals surface area (Å²) in [6.07, 6.45) is 8.75. The first-order valence-electron chi connectivity index (χ1n) is 19.6. The van der Waals surface area contributed by atoms with Gasteiger partial charge in [0, 0.05) is 56.0 Å². The minimum atomic E-state index is -0.0355. The summed E-state index contributed by atoms with van der Waals surface area (Å²) in [5.41, 5.74) is 14.9. The number of aromatic nitrogens is 3. The van der Waals surface area contributed by atoms with Crippen LogP contribution < -0.4 is 4.74 Å². The summed E-state index contributed by atoms with van der Waals surface area (Å²) in [4.78, 5) is 4.98. The number of fused-ring (bicyclic) bond motifs is 9. The summed E-state index contributed by atoms with van der Waals surface area (Å²) in [7, 11) is 0. The molecule has 0 saturated carbocycles. The summed E-state index contributed by atoms with van der Waals surface area (Å²) in [6.45, 7) is 0. The first-order valence-corrected chi connectivity index (χ1v) is 19.6. The van der Waals surface area contributed by atoms with Crippen LogP contribution in [0.2, 0.25) is 0 Å². The van der Waals surface area contributed by atoms with Gasteiger partial charge in [0.1, 0.15) is 11.9 Å². The van der Waals surface area contributed by atoms with Crippen molar-refractivity contribution in [3.8, 4) is 39.5 Å². The molecule has 0 bridgehead atoms. The fourth-order valence-electron chi connectivity index (χ4n) is 9.38. The maximum Gasteiger partial charge on any atom is 0.128 e. The van der Waals surface area contributed by atoms with Crippen LogP contribution in [0.15, 0.2) is 200 Å². The van der Waals surface area contributed by atoms with Gasteiger partial charge in [-0.25, -0.2) is 0 Å². The van der Waals surface area contributed by atoms with E-state index in [9.17, 15) is 0 Å². The van der Waals surface area contributed by atoms with Gasteiger partial charge in [-0.05, 0) is 83.4 Å². The molecule has 3 aromatic heterocycles. The van der Waals surface area contributed by atoms with Gasteiger partial charge in [0.25, 0.3) is 0 Å². The molecule has 0 fully saturated rings. The molecule has 57 heavy (non-hydrogen) atoms. The first-order chi connectivity index (χ1) is 28.3. The predicted molar refractivity (Wildman–Crippen MR) is 235 cm³/mol. The van der Waals surface area contributed by atoms with Gasteiger partial charge in [0.2, 0.25) is 0 Å². The standard InChI is InChI=1S/C53H35N3O/c1-2-13-34(14-3-1)38-19-12-30-54-53(38)42-18-7-11-23-49(42)56-48-22-10-6-17-41(48)43-31-35(24-27-50(43)56)36-25-28-51-44(32-36)45-33-37(26-29-52(45)57-51)55-46-20-8-4-15-39(46)40-16-5-9-21-47(40)55/h1-33,44,51H. The van der Waals surface area contributed by atoms with Crippen LogP contribution in [-0.2, 0) is 0 Å². The number of benzene rings is 7. The van der Waals surface area contributed by atoms with E-state index in [1.165, 1.54) is 54.8 Å². The Morgan fingerprint density at radius 1 is 0.491 bits per heavy atom. The van der Waals surface area contributed by atoms with E-state index in [0.717, 1.165) is 45.0 Å². The number of rotatable bonds is 5. The van der Waals surface area contributed by atoms with E-state index in [2.05, 4.69) is 197 Å². The second kappa shape index (κ2) is 12.6. The third kappa shape index (κ3) is 4.90. The van der Waals surface area contributed by atoms with Crippen molar-refractivity contribution >= 4 is 49.2 Å². The monoisotopic (exact) mass is 729 g/mol. The molecule has 1 aliphatic carbocycles. The molecular weight excluding hydrogens is 695 g/mol. The van der Waals surface area contributed by atoms with Crippen LogP contribution >= 0.6 is 0 Å². The summed E-state index contributed by atoms with van der Waals surface area (Å²) >= 11 is 0. The molecule has 4 heterocycles. The maximum atomic E-state index is 6.56. The molecular formula is C53H35N3O. The normalized spacial score (nSPS) is 15.9. The van der Waals surface area contributed by atoms with Gasteiger partial charge in [-0.15, -0.1) is 0 Å². The van der Waals surface area contributed by atoms with Gasteiger partial charge in [-0.2, -0.15) is 0 Å². The van der Waals surface area contributed by atoms with Crippen LogP contribution in [0.3, 0.4) is 0 Å². The smallest absolute Gasteiger partial charge is 0.128 e. The maximum absolute atomic E-state index is 6.56. The highest BCUT2D eigenvalue weighted by Crippen LogP contribution is 2.46. The van der Waals surface area contributed by atoms with E-state index in [1.807, 2.05) is 12.3 Å². The first kappa shape index (κ1) is 31.9. The van der Waals surface area contributed by atoms with Gasteiger partial charge in [-0.1, -0.05) is 127 Å². The van der Waals surface area contributed by atoms with Crippen molar-refractivity contribution in [2.45, 2.75) is 12.0 Å². The Morgan fingerprint density at radius 3 is 1.93 bits per heavy atom. The molecule has 0 saturated heterocycles. The topological polar surface area (TPSA) is 32.0 Å². The van der Waals surface area contributed by atoms with Crippen molar-refractivity contribution in [2.75, 3.05) is 0 Å². The Morgan fingerprint density at radius 2 is 1.14 bits per heavy atom. The van der Waals surface area contributed by atoms with Crippen molar-refractivity contribution < 1.29 is 4.74 Å². The quantitative estimate of drug-likeness (QED) is 0.177. The molecule has 2 aliphatic rings. The summed E-state index contributed by atoms with van der Waals surface area (Å²) in [6, 6.07) is 63.1. The Labute approximate surface area is 329 Å². The average molecular weight is 730 g/mol. The van der Waals surface area contributed by atoms with E-state index < -0.39 is 0 Å². The lowest BCUT2D eigenvalue weighted by Gasteiger charge is -2.19. The zero-order chi connectivity index (χ0) is 37.5. The molecule has 0 N–H and O–H groups in total. The second-order valence-corrected chi connectivity index (χ2v) is 15.0. The highest BCUT2D eigenvalue weighted by atomic mass is 16.5. The Hall–Kier alpha value is -7.43. The van der Waals surface area contributed by atoms with Gasteiger partial charge in [0.15, 0.2) is 0 Å². The van der Waals surface area contributed by atoms with Crippen LogP contribution in [0.5, 0.6) is 5.75 Å². The third-order valence-electron chi connectivity index (χ3n) is 11.9. The highest BCUT2D eigenvalue weighted by Gasteiger charge is 2.34. The van der Waals surface area contributed by atoms with Gasteiger partial charge in [-0.3, -0.25) is 4.98 Å². The van der Waals surface area contributed by atoms with Crippen molar-refractivity contribution in [3.63, 3.8) is 0 Å². The lowest BCUT2D eigenvalue weighted by atomic mass is 9.86. The Kier molecular flexibility index (Phi) is 7.02. The van der Waals surface area contributed by atoms with E-state index in [1.54, 1.807) is 0 Å². The fourth-order valence-corrected chi connectivity index (χ4v) is 9.38. The molecule has 10 aromatic rings. The van der Waals surface area contributed by atoms with Crippen LogP contribution in [-0.4, -0.2) is 20.2 Å². The zero-order valence-corrected chi connectivity index (χ0v) is 31.0. The molecule has 4 nitrogen and oxygen atoms in total. The van der Waals surface area contributed by atoms with Crippen LogP contribution in [0.4, 0.5) is 0 Å². The number of hydrogen-bond donors (Lipinski definition) is 0. The van der Waals surface area contributed by atoms with Crippen LogP contribution in [0, 0.1) is 0 Å². The fraction of sp³-hybridized carbons (Fsp3) is 0.0377. The number of ether oxygens (including phenoxy) is 1. The van der Waals surface area contributed by atoms with Crippen molar-refractivity contribution in [1.82, 2.24) is 14.1 Å². The van der Waals surface area contributed by atoms with Gasteiger partial charge in [0.05, 0.1) is 33.4 Å². The minimum Gasteiger partial charge on any atom is -0.485 e. The van der Waals surface area contributed by atoms with E-state index >= 15 is 0 Å². The number of para-hydroxylation sites is 4. The Bertz CT molecular complexity index is 3240. The lowest BCUT2D eigenvalue weighted by Crippen LogP contribution is -2.17. The van der Waals surface area contributed by atoms with Crippen molar-refractivity contribution in [1.29, 1.82) is 0 Å². The molecule has 12 rings (SSSR count). The molecule has 0 spiro atoms. The molecule has 268 valence electrons. The SMILES string of the molecule is C1=CC2Oc3ccc(-n4c5ccccc5c5ccccc54)cc3C2C=C1c1ccc2c(c1)c1ccccc1n2-c1ccccc1-c1ncccc1-c1ccccc1. The molecule has 0 amide bonds. The van der Waals surface area contributed by atoms with Crippen LogP contribution in [0.25, 0.3) is 82.9 Å².